The van der Waals surface area contributed by atoms with E-state index in [0.29, 0.717) is 11.6 Å². The second kappa shape index (κ2) is 4.24. The molecule has 0 fully saturated rings. The van der Waals surface area contributed by atoms with Crippen LogP contribution in [-0.4, -0.2) is 16.1 Å². The third kappa shape index (κ3) is 1.87. The topological polar surface area (TPSA) is 63.3 Å². The third-order valence-electron chi connectivity index (χ3n) is 2.97. The molecule has 3 aromatic rings. The van der Waals surface area contributed by atoms with Crippen molar-refractivity contribution in [3.63, 3.8) is 0 Å². The number of hydrogen-bond donors (Lipinski definition) is 1. The number of aromatic carboxylic acids is 1. The van der Waals surface area contributed by atoms with E-state index in [-0.39, 0.29) is 5.76 Å². The Kier molecular flexibility index (Phi) is 2.56. The number of oxazole rings is 1. The Morgan fingerprint density at radius 1 is 1.16 bits per heavy atom. The Hall–Kier alpha value is -2.62. The number of aryl methyl sites for hydroxylation is 1. The highest BCUT2D eigenvalue weighted by Gasteiger charge is 2.20. The molecule has 3 rings (SSSR count). The summed E-state index contributed by atoms with van der Waals surface area (Å²) in [5.41, 5.74) is 1.15. The molecule has 4 nitrogen and oxygen atoms in total. The van der Waals surface area contributed by atoms with Crippen LogP contribution in [0.25, 0.3) is 22.0 Å². The summed E-state index contributed by atoms with van der Waals surface area (Å²) < 4.78 is 5.17. The maximum atomic E-state index is 11.2. The average molecular weight is 253 g/mol. The van der Waals surface area contributed by atoms with Crippen LogP contribution in [0, 0.1) is 6.92 Å². The Morgan fingerprint density at radius 3 is 2.68 bits per heavy atom. The summed E-state index contributed by atoms with van der Waals surface area (Å²) in [4.78, 5) is 15.4. The van der Waals surface area contributed by atoms with Crippen molar-refractivity contribution >= 4 is 16.7 Å². The molecule has 0 bridgehead atoms. The minimum absolute atomic E-state index is 0.117. The van der Waals surface area contributed by atoms with Crippen LogP contribution < -0.4 is 0 Å². The Labute approximate surface area is 109 Å². The van der Waals surface area contributed by atoms with Crippen molar-refractivity contribution in [2.75, 3.05) is 0 Å². The summed E-state index contributed by atoms with van der Waals surface area (Å²) in [5, 5.41) is 11.2. The lowest BCUT2D eigenvalue weighted by molar-refractivity contribution is 0.0662. The van der Waals surface area contributed by atoms with Crippen molar-refractivity contribution in [1.29, 1.82) is 0 Å². The van der Waals surface area contributed by atoms with E-state index in [2.05, 4.69) is 4.98 Å². The molecule has 19 heavy (non-hydrogen) atoms. The highest BCUT2D eigenvalue weighted by Crippen LogP contribution is 2.30. The van der Waals surface area contributed by atoms with E-state index in [1.807, 2.05) is 42.5 Å². The molecule has 94 valence electrons. The van der Waals surface area contributed by atoms with Crippen molar-refractivity contribution in [2.24, 2.45) is 0 Å². The normalized spacial score (nSPS) is 10.8. The maximum absolute atomic E-state index is 11.2. The van der Waals surface area contributed by atoms with Gasteiger partial charge in [-0.25, -0.2) is 9.78 Å². The monoisotopic (exact) mass is 253 g/mol. The fourth-order valence-electron chi connectivity index (χ4n) is 2.19. The molecule has 1 aromatic heterocycles. The summed E-state index contributed by atoms with van der Waals surface area (Å²) in [6.45, 7) is 1.64. The van der Waals surface area contributed by atoms with E-state index in [1.165, 1.54) is 0 Å². The highest BCUT2D eigenvalue weighted by molar-refractivity contribution is 6.01. The van der Waals surface area contributed by atoms with E-state index in [1.54, 1.807) is 6.92 Å². The van der Waals surface area contributed by atoms with Gasteiger partial charge < -0.3 is 9.52 Å². The first-order valence-electron chi connectivity index (χ1n) is 5.85. The number of aromatic nitrogens is 1. The molecule has 1 heterocycles. The van der Waals surface area contributed by atoms with Gasteiger partial charge in [0.1, 0.15) is 5.69 Å². The second-order valence-corrected chi connectivity index (χ2v) is 4.24. The SMILES string of the molecule is Cc1nc(-c2cccc3ccccc23)c(C(=O)O)o1. The van der Waals surface area contributed by atoms with Crippen molar-refractivity contribution < 1.29 is 14.3 Å². The molecule has 0 unspecified atom stereocenters. The van der Waals surface area contributed by atoms with Gasteiger partial charge in [0.25, 0.3) is 0 Å². The van der Waals surface area contributed by atoms with Gasteiger partial charge in [-0.05, 0) is 10.8 Å². The number of carboxylic acid groups (broad SMARTS) is 1. The van der Waals surface area contributed by atoms with Crippen LogP contribution in [0.3, 0.4) is 0 Å². The lowest BCUT2D eigenvalue weighted by Crippen LogP contribution is -1.97. The summed E-state index contributed by atoms with van der Waals surface area (Å²) in [7, 11) is 0. The Morgan fingerprint density at radius 2 is 1.89 bits per heavy atom. The minimum atomic E-state index is -1.11. The lowest BCUT2D eigenvalue weighted by atomic mass is 10.0. The molecule has 0 aliphatic heterocycles. The summed E-state index contributed by atoms with van der Waals surface area (Å²) in [5.74, 6) is -0.877. The van der Waals surface area contributed by atoms with Crippen LogP contribution >= 0.6 is 0 Å². The maximum Gasteiger partial charge on any atom is 0.374 e. The predicted molar refractivity (Wildman–Crippen MR) is 71.1 cm³/mol. The van der Waals surface area contributed by atoms with Gasteiger partial charge in [0, 0.05) is 12.5 Å². The first-order chi connectivity index (χ1) is 9.16. The number of fused-ring (bicyclic) bond motifs is 1. The van der Waals surface area contributed by atoms with Crippen molar-refractivity contribution in [1.82, 2.24) is 4.98 Å². The summed E-state index contributed by atoms with van der Waals surface area (Å²) in [6, 6.07) is 13.5. The number of benzene rings is 2. The molecule has 0 amide bonds. The van der Waals surface area contributed by atoms with Gasteiger partial charge in [-0.2, -0.15) is 0 Å². The molecule has 0 aliphatic rings. The fraction of sp³-hybridized carbons (Fsp3) is 0.0667. The van der Waals surface area contributed by atoms with Crippen LogP contribution in [0.15, 0.2) is 46.9 Å². The highest BCUT2D eigenvalue weighted by atomic mass is 16.4. The first kappa shape index (κ1) is 11.5. The van der Waals surface area contributed by atoms with Crippen LogP contribution in [0.2, 0.25) is 0 Å². The number of rotatable bonds is 2. The number of carbonyl (C=O) groups is 1. The van der Waals surface area contributed by atoms with Gasteiger partial charge >= 0.3 is 5.97 Å². The number of nitrogens with zero attached hydrogens (tertiary/aromatic N) is 1. The van der Waals surface area contributed by atoms with Crippen molar-refractivity contribution in [2.45, 2.75) is 6.92 Å². The Balaban J connectivity index is 2.33. The molecule has 0 radical (unpaired) electrons. The summed E-state index contributed by atoms with van der Waals surface area (Å²) >= 11 is 0. The summed E-state index contributed by atoms with van der Waals surface area (Å²) in [6.07, 6.45) is 0. The number of carboxylic acids is 1. The Bertz CT molecular complexity index is 769. The molecule has 2 aromatic carbocycles. The van der Waals surface area contributed by atoms with Gasteiger partial charge in [0.2, 0.25) is 5.76 Å². The zero-order chi connectivity index (χ0) is 13.4. The first-order valence-corrected chi connectivity index (χ1v) is 5.85. The standard InChI is InChI=1S/C15H11NO3/c1-9-16-13(14(19-9)15(17)18)12-8-4-6-10-5-2-3-7-11(10)12/h2-8H,1H3,(H,17,18). The van der Waals surface area contributed by atoms with Gasteiger partial charge in [0.05, 0.1) is 0 Å². The molecular weight excluding hydrogens is 242 g/mol. The van der Waals surface area contributed by atoms with Gasteiger partial charge in [-0.1, -0.05) is 42.5 Å². The quantitative estimate of drug-likeness (QED) is 0.759. The van der Waals surface area contributed by atoms with Crippen LogP contribution in [0.4, 0.5) is 0 Å². The largest absolute Gasteiger partial charge is 0.475 e. The zero-order valence-corrected chi connectivity index (χ0v) is 10.3. The van der Waals surface area contributed by atoms with Gasteiger partial charge in [-0.3, -0.25) is 0 Å². The van der Waals surface area contributed by atoms with E-state index in [0.717, 1.165) is 16.3 Å². The number of hydrogen-bond acceptors (Lipinski definition) is 3. The van der Waals surface area contributed by atoms with Crippen LogP contribution in [0.5, 0.6) is 0 Å². The lowest BCUT2D eigenvalue weighted by Gasteiger charge is -2.04. The molecule has 0 aliphatic carbocycles. The van der Waals surface area contributed by atoms with E-state index < -0.39 is 5.97 Å². The molecule has 0 spiro atoms. The average Bonchev–Trinajstić information content (AvgIpc) is 2.80. The third-order valence-corrected chi connectivity index (χ3v) is 2.97. The smallest absolute Gasteiger partial charge is 0.374 e. The molecule has 1 N–H and O–H groups in total. The molecule has 0 atom stereocenters. The molecule has 0 saturated carbocycles. The van der Waals surface area contributed by atoms with E-state index in [4.69, 9.17) is 4.42 Å². The van der Waals surface area contributed by atoms with Crippen LogP contribution in [-0.2, 0) is 0 Å². The van der Waals surface area contributed by atoms with E-state index >= 15 is 0 Å². The predicted octanol–water partition coefficient (Wildman–Crippen LogP) is 3.50. The fourth-order valence-corrected chi connectivity index (χ4v) is 2.19. The van der Waals surface area contributed by atoms with Gasteiger partial charge in [-0.15, -0.1) is 0 Å². The minimum Gasteiger partial charge on any atom is -0.475 e. The van der Waals surface area contributed by atoms with Crippen molar-refractivity contribution in [3.8, 4) is 11.3 Å². The molecule has 0 saturated heterocycles. The van der Waals surface area contributed by atoms with Gasteiger partial charge in [0.15, 0.2) is 5.89 Å². The second-order valence-electron chi connectivity index (χ2n) is 4.24. The zero-order valence-electron chi connectivity index (χ0n) is 10.3. The van der Waals surface area contributed by atoms with E-state index in [9.17, 15) is 9.90 Å². The molecular formula is C15H11NO3. The van der Waals surface area contributed by atoms with Crippen LogP contribution in [0.1, 0.15) is 16.4 Å². The molecule has 4 heteroatoms. The van der Waals surface area contributed by atoms with Crippen molar-refractivity contribution in [3.05, 3.63) is 54.1 Å².